The summed E-state index contributed by atoms with van der Waals surface area (Å²) < 4.78 is 3.59. The fourth-order valence-electron chi connectivity index (χ4n) is 10.5. The van der Waals surface area contributed by atoms with E-state index in [0.717, 1.165) is 23.4 Å². The summed E-state index contributed by atoms with van der Waals surface area (Å²) in [4.78, 5) is 108. The Morgan fingerprint density at radius 3 is 2.49 bits per heavy atom. The average molecular weight is 922 g/mol. The first-order chi connectivity index (χ1) is 32.6. The van der Waals surface area contributed by atoms with Gasteiger partial charge in [0, 0.05) is 87.1 Å². The maximum atomic E-state index is 14.0. The van der Waals surface area contributed by atoms with E-state index >= 15 is 0 Å². The quantitative estimate of drug-likeness (QED) is 0.148. The van der Waals surface area contributed by atoms with Crippen molar-refractivity contribution in [1.29, 1.82) is 0 Å². The Kier molecular flexibility index (Phi) is 11.0. The van der Waals surface area contributed by atoms with Gasteiger partial charge in [0.25, 0.3) is 23.3 Å². The Morgan fingerprint density at radius 1 is 0.912 bits per heavy atom. The van der Waals surface area contributed by atoms with Crippen LogP contribution in [0.5, 0.6) is 0 Å². The summed E-state index contributed by atoms with van der Waals surface area (Å²) in [6.07, 6.45) is 6.91. The number of nitrogens with one attached hydrogen (secondary N) is 3. The molecule has 68 heavy (non-hydrogen) atoms. The van der Waals surface area contributed by atoms with Crippen LogP contribution in [0.1, 0.15) is 81.6 Å². The van der Waals surface area contributed by atoms with Gasteiger partial charge in [0.15, 0.2) is 0 Å². The Morgan fingerprint density at radius 2 is 1.74 bits per heavy atom. The highest BCUT2D eigenvalue weighted by Gasteiger charge is 2.46. The molecule has 2 fully saturated rings. The van der Waals surface area contributed by atoms with Gasteiger partial charge >= 0.3 is 0 Å². The van der Waals surface area contributed by atoms with Gasteiger partial charge in [-0.05, 0) is 85.2 Å². The van der Waals surface area contributed by atoms with Gasteiger partial charge in [0.05, 0.1) is 36.2 Å². The zero-order valence-electron chi connectivity index (χ0n) is 38.2. The number of hydrogen-bond donors (Lipinski definition) is 4. The molecule has 5 aromatic rings. The molecule has 19 nitrogen and oxygen atoms in total. The summed E-state index contributed by atoms with van der Waals surface area (Å²) >= 11 is 0. The van der Waals surface area contributed by atoms with Crippen LogP contribution in [0.15, 0.2) is 71.9 Å². The number of nitrogens with zero attached hydrogens (tertiary/aromatic N) is 8. The van der Waals surface area contributed by atoms with Crippen molar-refractivity contribution in [3.05, 3.63) is 111 Å². The lowest BCUT2D eigenvalue weighted by atomic mass is 9.90. The normalized spacial score (nSPS) is 19.8. The number of anilines is 5. The van der Waals surface area contributed by atoms with Crippen molar-refractivity contribution >= 4 is 64.1 Å². The Bertz CT molecular complexity index is 3030. The average Bonchev–Trinajstić information content (AvgIpc) is 3.91. The van der Waals surface area contributed by atoms with E-state index in [-0.39, 0.29) is 71.6 Å². The highest BCUT2D eigenvalue weighted by Crippen LogP contribution is 2.40. The third kappa shape index (κ3) is 7.65. The maximum absolute atomic E-state index is 14.0. The number of pyridine rings is 3. The number of amides is 6. The van der Waals surface area contributed by atoms with Crippen LogP contribution in [-0.4, -0.2) is 114 Å². The lowest BCUT2D eigenvalue weighted by Gasteiger charge is -2.41. The smallest absolute Gasteiger partial charge is 0.276 e. The Labute approximate surface area is 390 Å². The molecule has 6 amide bonds. The second-order valence-electron chi connectivity index (χ2n) is 18.9. The molecule has 2 saturated heterocycles. The molecule has 2 unspecified atom stereocenters. The summed E-state index contributed by atoms with van der Waals surface area (Å²) in [5.41, 5.74) is 6.27. The van der Waals surface area contributed by atoms with E-state index in [1.54, 1.807) is 65.8 Å². The molecule has 0 spiro atoms. The number of carbonyl (C=O) groups is 6. The molecule has 0 bridgehead atoms. The number of aromatic nitrogens is 4. The molecular formula is C49H51N11O8. The number of fused-ring (bicyclic) bond motifs is 4. The van der Waals surface area contributed by atoms with E-state index in [9.17, 15) is 38.7 Å². The largest absolute Gasteiger partial charge is 0.392 e. The first-order valence-corrected chi connectivity index (χ1v) is 22.8. The number of piperazine rings is 1. The van der Waals surface area contributed by atoms with Crippen molar-refractivity contribution in [3.8, 4) is 11.1 Å². The van der Waals surface area contributed by atoms with Crippen LogP contribution >= 0.6 is 0 Å². The Hall–Kier alpha value is -7.67. The minimum absolute atomic E-state index is 0.0113. The van der Waals surface area contributed by atoms with E-state index in [4.69, 9.17) is 0 Å². The van der Waals surface area contributed by atoms with Crippen LogP contribution in [0.4, 0.5) is 28.7 Å². The molecule has 4 aromatic heterocycles. The molecule has 2 atom stereocenters. The lowest BCUT2D eigenvalue weighted by Crippen LogP contribution is -2.54. The molecule has 4 aliphatic heterocycles. The molecule has 0 saturated carbocycles. The SMILES string of the molecule is CC1CN(C(=O)CNc2cccc3c2C(=O)N(C2CCC(=O)NC2=O)C3=O)CCN1c1ccc(Nc2cc(-c3ccnc(N4CCn5c(cc6c5CC(C)(C)C6)C4=O)c3CO)cn(C)c2=O)nc1. The van der Waals surface area contributed by atoms with Gasteiger partial charge in [0.2, 0.25) is 17.7 Å². The van der Waals surface area contributed by atoms with Gasteiger partial charge in [-0.15, -0.1) is 0 Å². The number of imide groups is 2. The van der Waals surface area contributed by atoms with E-state index in [0.29, 0.717) is 72.4 Å². The summed E-state index contributed by atoms with van der Waals surface area (Å²) in [6.45, 7) is 8.33. The van der Waals surface area contributed by atoms with Crippen molar-refractivity contribution in [1.82, 2.24) is 34.2 Å². The van der Waals surface area contributed by atoms with Gasteiger partial charge in [0.1, 0.15) is 29.1 Å². The van der Waals surface area contributed by atoms with Crippen LogP contribution in [0, 0.1) is 5.41 Å². The van der Waals surface area contributed by atoms with Crippen LogP contribution in [-0.2, 0) is 47.4 Å². The number of hydrogen-bond acceptors (Lipinski definition) is 13. The monoisotopic (exact) mass is 921 g/mol. The van der Waals surface area contributed by atoms with Gasteiger partial charge in [-0.25, -0.2) is 9.97 Å². The molecule has 10 rings (SSSR count). The van der Waals surface area contributed by atoms with E-state index in [1.807, 2.05) is 19.1 Å². The van der Waals surface area contributed by atoms with Gasteiger partial charge in [-0.3, -0.25) is 48.7 Å². The zero-order chi connectivity index (χ0) is 47.8. The fraction of sp³-hybridized carbons (Fsp3) is 0.367. The number of aliphatic hydroxyl groups excluding tert-OH is 1. The first-order valence-electron chi connectivity index (χ1n) is 22.8. The number of aryl methyl sites for hydroxylation is 1. The third-order valence-corrected chi connectivity index (χ3v) is 13.8. The van der Waals surface area contributed by atoms with E-state index in [1.165, 1.54) is 21.9 Å². The molecular weight excluding hydrogens is 871 g/mol. The fourth-order valence-corrected chi connectivity index (χ4v) is 10.5. The summed E-state index contributed by atoms with van der Waals surface area (Å²) in [5.74, 6) is -1.99. The number of rotatable bonds is 10. The Balaban J connectivity index is 0.785. The lowest BCUT2D eigenvalue weighted by molar-refractivity contribution is -0.136. The van der Waals surface area contributed by atoms with E-state index < -0.39 is 29.7 Å². The number of benzene rings is 1. The standard InChI is InChI=1S/C49H51N11O8/c1-27-24-56(41(63)23-51-34-7-5-6-32-42(34)48(68)60(45(32)65)36-9-11-40(62)54-44(36)64)14-15-57(27)30-8-10-39(52-22-30)53-35-18-29(25-55(4)46(35)66)31-12-13-50-43(33(31)26-61)59-17-16-58-37(47(59)67)19-28-20-49(2,3)21-38(28)58/h5-8,10,12-13,18-19,22,25,27,36,51,61H,9,11,14-17,20-21,23-24,26H2,1-4H3,(H,52,53)(H,54,62,64). The highest BCUT2D eigenvalue weighted by molar-refractivity contribution is 6.25. The predicted molar refractivity (Wildman–Crippen MR) is 251 cm³/mol. The molecule has 0 radical (unpaired) electrons. The van der Waals surface area contributed by atoms with Crippen molar-refractivity contribution in [2.75, 3.05) is 53.2 Å². The van der Waals surface area contributed by atoms with Crippen LogP contribution in [0.3, 0.4) is 0 Å². The van der Waals surface area contributed by atoms with Crippen molar-refractivity contribution in [2.24, 2.45) is 12.5 Å². The van der Waals surface area contributed by atoms with Gasteiger partial charge < -0.3 is 34.7 Å². The third-order valence-electron chi connectivity index (χ3n) is 13.8. The minimum atomic E-state index is -1.10. The second-order valence-corrected chi connectivity index (χ2v) is 18.9. The van der Waals surface area contributed by atoms with Crippen molar-refractivity contribution in [3.63, 3.8) is 0 Å². The van der Waals surface area contributed by atoms with Crippen molar-refractivity contribution in [2.45, 2.75) is 71.7 Å². The van der Waals surface area contributed by atoms with Gasteiger partial charge in [-0.2, -0.15) is 0 Å². The number of piperidine rings is 1. The molecule has 1 aliphatic carbocycles. The second kappa shape index (κ2) is 16.9. The molecule has 5 aliphatic rings. The molecule has 350 valence electrons. The zero-order valence-corrected chi connectivity index (χ0v) is 38.2. The maximum Gasteiger partial charge on any atom is 0.276 e. The number of aliphatic hydroxyl groups is 1. The summed E-state index contributed by atoms with van der Waals surface area (Å²) in [5, 5.41) is 19.2. The number of carbonyl (C=O) groups excluding carboxylic acids is 6. The minimum Gasteiger partial charge on any atom is -0.392 e. The van der Waals surface area contributed by atoms with Crippen LogP contribution < -0.4 is 31.3 Å². The first kappa shape index (κ1) is 44.2. The van der Waals surface area contributed by atoms with Crippen LogP contribution in [0.2, 0.25) is 0 Å². The molecule has 1 aromatic carbocycles. The topological polar surface area (TPSA) is 224 Å². The molecule has 8 heterocycles. The van der Waals surface area contributed by atoms with Crippen LogP contribution in [0.25, 0.3) is 11.1 Å². The molecule has 19 heteroatoms. The predicted octanol–water partition coefficient (Wildman–Crippen LogP) is 3.22. The molecule has 4 N–H and O–H groups in total. The van der Waals surface area contributed by atoms with E-state index in [2.05, 4.69) is 49.2 Å². The summed E-state index contributed by atoms with van der Waals surface area (Å²) in [7, 11) is 1.65. The summed E-state index contributed by atoms with van der Waals surface area (Å²) in [6, 6.07) is 12.7. The highest BCUT2D eigenvalue weighted by atomic mass is 16.3. The van der Waals surface area contributed by atoms with Gasteiger partial charge in [-0.1, -0.05) is 19.9 Å². The van der Waals surface area contributed by atoms with Crippen molar-refractivity contribution < 1.29 is 33.9 Å².